The molecule has 1 aliphatic rings. The van der Waals surface area contributed by atoms with Crippen LogP contribution in [0.2, 0.25) is 0 Å². The molecule has 0 aliphatic heterocycles. The molecule has 102 valence electrons. The van der Waals surface area contributed by atoms with Crippen LogP contribution >= 0.6 is 11.3 Å². The molecule has 0 radical (unpaired) electrons. The van der Waals surface area contributed by atoms with E-state index in [1.165, 1.54) is 24.8 Å². The summed E-state index contributed by atoms with van der Waals surface area (Å²) in [7, 11) is 0. The molecule has 1 aromatic heterocycles. The molecule has 1 aromatic rings. The summed E-state index contributed by atoms with van der Waals surface area (Å²) in [6.07, 6.45) is 5.46. The van der Waals surface area contributed by atoms with E-state index in [2.05, 4.69) is 25.3 Å². The van der Waals surface area contributed by atoms with Crippen molar-refractivity contribution in [3.63, 3.8) is 0 Å². The quantitative estimate of drug-likeness (QED) is 0.875. The van der Waals surface area contributed by atoms with Gasteiger partial charge in [0.25, 0.3) is 0 Å². The predicted octanol–water partition coefficient (Wildman–Crippen LogP) is 3.64. The van der Waals surface area contributed by atoms with Crippen LogP contribution in [0.4, 0.5) is 0 Å². The predicted molar refractivity (Wildman–Crippen MR) is 77.8 cm³/mol. The molecule has 0 saturated heterocycles. The molecular weight excluding hydrogens is 242 g/mol. The summed E-state index contributed by atoms with van der Waals surface area (Å²) in [5.41, 5.74) is 7.15. The molecule has 3 N–H and O–H groups in total. The van der Waals surface area contributed by atoms with Crippen molar-refractivity contribution in [3.05, 3.63) is 21.9 Å². The maximum absolute atomic E-state index is 10.8. The molecule has 1 heterocycles. The van der Waals surface area contributed by atoms with Gasteiger partial charge in [0.15, 0.2) is 0 Å². The Morgan fingerprint density at radius 2 is 2.17 bits per heavy atom. The monoisotopic (exact) mass is 267 g/mol. The lowest BCUT2D eigenvalue weighted by Crippen LogP contribution is -2.40. The van der Waals surface area contributed by atoms with E-state index in [1.54, 1.807) is 11.3 Å². The highest BCUT2D eigenvalue weighted by atomic mass is 32.1. The first-order chi connectivity index (χ1) is 8.63. The Kier molecular flexibility index (Phi) is 4.46. The van der Waals surface area contributed by atoms with Gasteiger partial charge < -0.3 is 10.8 Å². The zero-order chi connectivity index (χ0) is 13.2. The number of thiophene rings is 1. The van der Waals surface area contributed by atoms with Gasteiger partial charge in [-0.2, -0.15) is 0 Å². The van der Waals surface area contributed by atoms with Gasteiger partial charge in [-0.1, -0.05) is 13.3 Å². The number of hydrogen-bond donors (Lipinski definition) is 2. The van der Waals surface area contributed by atoms with Crippen LogP contribution in [-0.2, 0) is 0 Å². The molecule has 1 unspecified atom stereocenters. The third-order valence-electron chi connectivity index (χ3n) is 4.81. The van der Waals surface area contributed by atoms with Crippen molar-refractivity contribution in [3.8, 4) is 0 Å². The topological polar surface area (TPSA) is 46.2 Å². The van der Waals surface area contributed by atoms with Crippen molar-refractivity contribution in [1.82, 2.24) is 0 Å². The molecule has 0 aromatic carbocycles. The molecule has 0 bridgehead atoms. The molecule has 1 fully saturated rings. The van der Waals surface area contributed by atoms with Crippen LogP contribution in [0.25, 0.3) is 0 Å². The lowest BCUT2D eigenvalue weighted by atomic mass is 9.66. The highest BCUT2D eigenvalue weighted by Gasteiger charge is 2.41. The van der Waals surface area contributed by atoms with Crippen LogP contribution in [0.1, 0.15) is 55.6 Å². The van der Waals surface area contributed by atoms with Crippen molar-refractivity contribution in [1.29, 1.82) is 0 Å². The van der Waals surface area contributed by atoms with Gasteiger partial charge in [-0.25, -0.2) is 0 Å². The van der Waals surface area contributed by atoms with Crippen molar-refractivity contribution in [2.24, 2.45) is 17.1 Å². The van der Waals surface area contributed by atoms with E-state index in [-0.39, 0.29) is 11.5 Å². The number of aliphatic hydroxyl groups is 1. The standard InChI is InChI=1S/C15H25NOS/c1-3-12-4-7-15(10-16,8-5-12)14(17)13-11(2)6-9-18-13/h6,9,12,14,17H,3-5,7-8,10,16H2,1-2H3. The summed E-state index contributed by atoms with van der Waals surface area (Å²) in [6, 6.07) is 2.09. The molecule has 18 heavy (non-hydrogen) atoms. The summed E-state index contributed by atoms with van der Waals surface area (Å²) < 4.78 is 0. The second-order valence-corrected chi connectivity index (χ2v) is 6.74. The van der Waals surface area contributed by atoms with Crippen LogP contribution in [0.15, 0.2) is 11.4 Å². The van der Waals surface area contributed by atoms with E-state index in [0.717, 1.165) is 23.6 Å². The summed E-state index contributed by atoms with van der Waals surface area (Å²) in [4.78, 5) is 1.12. The number of aryl methyl sites for hydroxylation is 1. The van der Waals surface area contributed by atoms with Gasteiger partial charge in [-0.3, -0.25) is 0 Å². The molecule has 2 rings (SSSR count). The molecule has 0 amide bonds. The number of hydrogen-bond acceptors (Lipinski definition) is 3. The van der Waals surface area contributed by atoms with Gasteiger partial charge in [0.1, 0.15) is 0 Å². The van der Waals surface area contributed by atoms with Crippen molar-refractivity contribution < 1.29 is 5.11 Å². The molecule has 1 saturated carbocycles. The van der Waals surface area contributed by atoms with Crippen LogP contribution in [0.5, 0.6) is 0 Å². The minimum Gasteiger partial charge on any atom is -0.387 e. The number of nitrogens with two attached hydrogens (primary N) is 1. The zero-order valence-electron chi connectivity index (χ0n) is 11.5. The lowest BCUT2D eigenvalue weighted by molar-refractivity contribution is -0.00838. The molecule has 1 atom stereocenters. The molecule has 0 spiro atoms. The second kappa shape index (κ2) is 5.72. The Labute approximate surface area is 114 Å². The fraction of sp³-hybridized carbons (Fsp3) is 0.733. The Balaban J connectivity index is 2.16. The van der Waals surface area contributed by atoms with E-state index in [0.29, 0.717) is 6.54 Å². The Bertz CT molecular complexity index is 380. The van der Waals surface area contributed by atoms with E-state index < -0.39 is 0 Å². The van der Waals surface area contributed by atoms with Gasteiger partial charge in [0.05, 0.1) is 6.10 Å². The third-order valence-corrected chi connectivity index (χ3v) is 5.89. The first-order valence-corrected chi connectivity index (χ1v) is 7.93. The number of aliphatic hydroxyl groups excluding tert-OH is 1. The van der Waals surface area contributed by atoms with Crippen molar-refractivity contribution in [2.45, 2.75) is 52.1 Å². The summed E-state index contributed by atoms with van der Waals surface area (Å²) in [6.45, 7) is 4.94. The zero-order valence-corrected chi connectivity index (χ0v) is 12.3. The average Bonchev–Trinajstić information content (AvgIpc) is 2.84. The highest BCUT2D eigenvalue weighted by Crippen LogP contribution is 2.48. The molecule has 1 aliphatic carbocycles. The first-order valence-electron chi connectivity index (χ1n) is 7.05. The highest BCUT2D eigenvalue weighted by molar-refractivity contribution is 7.10. The molecular formula is C15H25NOS. The van der Waals surface area contributed by atoms with E-state index >= 15 is 0 Å². The van der Waals surface area contributed by atoms with Crippen molar-refractivity contribution >= 4 is 11.3 Å². The van der Waals surface area contributed by atoms with E-state index in [4.69, 9.17) is 5.73 Å². The Hall–Kier alpha value is -0.380. The van der Waals surface area contributed by atoms with Gasteiger partial charge in [-0.05, 0) is 55.5 Å². The van der Waals surface area contributed by atoms with E-state index in [1.807, 2.05) is 0 Å². The normalized spacial score (nSPS) is 30.3. The van der Waals surface area contributed by atoms with Gasteiger partial charge in [-0.15, -0.1) is 11.3 Å². The largest absolute Gasteiger partial charge is 0.387 e. The minimum atomic E-state index is -0.375. The lowest BCUT2D eigenvalue weighted by Gasteiger charge is -2.42. The van der Waals surface area contributed by atoms with Crippen LogP contribution in [0, 0.1) is 18.3 Å². The SMILES string of the molecule is CCC1CCC(CN)(C(O)c2sccc2C)CC1. The maximum atomic E-state index is 10.8. The first kappa shape index (κ1) is 14.0. The summed E-state index contributed by atoms with van der Waals surface area (Å²) in [5, 5.41) is 12.8. The van der Waals surface area contributed by atoms with Crippen LogP contribution in [-0.4, -0.2) is 11.7 Å². The second-order valence-electron chi connectivity index (χ2n) is 5.79. The molecule has 3 heteroatoms. The smallest absolute Gasteiger partial charge is 0.0952 e. The molecule has 2 nitrogen and oxygen atoms in total. The van der Waals surface area contributed by atoms with Crippen LogP contribution in [0.3, 0.4) is 0 Å². The van der Waals surface area contributed by atoms with E-state index in [9.17, 15) is 5.11 Å². The third kappa shape index (κ3) is 2.49. The fourth-order valence-corrected chi connectivity index (χ4v) is 4.24. The van der Waals surface area contributed by atoms with Crippen molar-refractivity contribution in [2.75, 3.05) is 6.54 Å². The average molecular weight is 267 g/mol. The van der Waals surface area contributed by atoms with Gasteiger partial charge >= 0.3 is 0 Å². The Morgan fingerprint density at radius 3 is 2.61 bits per heavy atom. The Morgan fingerprint density at radius 1 is 1.50 bits per heavy atom. The van der Waals surface area contributed by atoms with Gasteiger partial charge in [0.2, 0.25) is 0 Å². The number of rotatable bonds is 4. The van der Waals surface area contributed by atoms with Gasteiger partial charge in [0, 0.05) is 16.8 Å². The summed E-state index contributed by atoms with van der Waals surface area (Å²) in [5.74, 6) is 0.835. The van der Waals surface area contributed by atoms with Crippen LogP contribution < -0.4 is 5.73 Å². The minimum absolute atomic E-state index is 0.0821. The summed E-state index contributed by atoms with van der Waals surface area (Å²) >= 11 is 1.67. The fourth-order valence-electron chi connectivity index (χ4n) is 3.19. The maximum Gasteiger partial charge on any atom is 0.0952 e.